The van der Waals surface area contributed by atoms with E-state index in [9.17, 15) is 9.59 Å². The molecule has 1 aromatic rings. The van der Waals surface area contributed by atoms with E-state index in [1.165, 1.54) is 19.6 Å². The van der Waals surface area contributed by atoms with Gasteiger partial charge in [0.05, 0.1) is 47.8 Å². The lowest BCUT2D eigenvalue weighted by atomic mass is 9.42. The smallest absolute Gasteiger partial charge is 0.310 e. The highest BCUT2D eigenvalue weighted by Crippen LogP contribution is 2.69. The molecule has 1 spiro atoms. The Balaban J connectivity index is 1.67. The molecule has 7 heteroatoms. The molecular formula is C22H22N2O5. The summed E-state index contributed by atoms with van der Waals surface area (Å²) in [4.78, 5) is 36.4. The van der Waals surface area contributed by atoms with Crippen LogP contribution in [0.25, 0.3) is 0 Å². The van der Waals surface area contributed by atoms with Gasteiger partial charge in [-0.25, -0.2) is 0 Å². The summed E-state index contributed by atoms with van der Waals surface area (Å²) in [7, 11) is 1.44. The molecule has 2 aliphatic carbocycles. The van der Waals surface area contributed by atoms with Crippen LogP contribution in [0.4, 0.5) is 5.69 Å². The van der Waals surface area contributed by atoms with E-state index < -0.39 is 23.6 Å². The monoisotopic (exact) mass is 394 g/mol. The van der Waals surface area contributed by atoms with Crippen molar-refractivity contribution in [3.8, 4) is 0 Å². The minimum absolute atomic E-state index is 0.0425. The first-order valence-electron chi connectivity index (χ1n) is 10.1. The van der Waals surface area contributed by atoms with E-state index in [0.717, 1.165) is 23.4 Å². The third-order valence-corrected chi connectivity index (χ3v) is 7.51. The van der Waals surface area contributed by atoms with Gasteiger partial charge in [0, 0.05) is 6.92 Å². The van der Waals surface area contributed by atoms with Gasteiger partial charge in [0.1, 0.15) is 0 Å². The number of piperidine rings is 2. The zero-order valence-corrected chi connectivity index (χ0v) is 16.5. The molecule has 4 aliphatic heterocycles. The fraction of sp³-hybridized carbons (Fsp3) is 0.500. The molecule has 2 saturated carbocycles. The summed E-state index contributed by atoms with van der Waals surface area (Å²) < 4.78 is 11.0. The average Bonchev–Trinajstić information content (AvgIpc) is 3.22. The highest BCUT2D eigenvalue weighted by atomic mass is 16.8. The summed E-state index contributed by atoms with van der Waals surface area (Å²) in [6.07, 6.45) is 2.07. The number of hydroxylamine groups is 2. The second kappa shape index (κ2) is 5.55. The van der Waals surface area contributed by atoms with Crippen LogP contribution in [-0.4, -0.2) is 48.2 Å². The van der Waals surface area contributed by atoms with Crippen LogP contribution in [0.5, 0.6) is 0 Å². The fourth-order valence-electron chi connectivity index (χ4n) is 6.86. The molecule has 150 valence electrons. The van der Waals surface area contributed by atoms with Crippen LogP contribution >= 0.6 is 0 Å². The Hall–Kier alpha value is -2.51. The van der Waals surface area contributed by atoms with Crippen molar-refractivity contribution in [3.63, 3.8) is 0 Å². The van der Waals surface area contributed by atoms with E-state index >= 15 is 0 Å². The molecule has 7 nitrogen and oxygen atoms in total. The second-order valence-corrected chi connectivity index (χ2v) is 8.44. The van der Waals surface area contributed by atoms with Gasteiger partial charge < -0.3 is 9.47 Å². The Morgan fingerprint density at radius 1 is 1.34 bits per heavy atom. The van der Waals surface area contributed by atoms with Gasteiger partial charge >= 0.3 is 11.9 Å². The molecule has 8 atom stereocenters. The molecule has 1 unspecified atom stereocenters. The number of esters is 2. The number of rotatable bonds is 2. The first-order valence-corrected chi connectivity index (χ1v) is 10.1. The quantitative estimate of drug-likeness (QED) is 0.566. The molecule has 0 radical (unpaired) electrons. The summed E-state index contributed by atoms with van der Waals surface area (Å²) in [5.74, 6) is -1.25. The summed E-state index contributed by atoms with van der Waals surface area (Å²) in [5.41, 5.74) is 3.36. The zero-order chi connectivity index (χ0) is 20.1. The number of benzene rings is 1. The van der Waals surface area contributed by atoms with Gasteiger partial charge in [-0.3, -0.25) is 19.4 Å². The Kier molecular flexibility index (Phi) is 3.32. The van der Waals surface area contributed by atoms with Gasteiger partial charge in [-0.1, -0.05) is 29.8 Å². The molecule has 6 bridgehead atoms. The third-order valence-electron chi connectivity index (χ3n) is 7.51. The minimum atomic E-state index is -0.764. The molecule has 3 saturated heterocycles. The number of allylic oxidation sites excluding steroid dienone is 1. The predicted molar refractivity (Wildman–Crippen MR) is 102 cm³/mol. The number of aliphatic imine (C=N–C) groups is 1. The maximum atomic E-state index is 13.2. The number of ether oxygens (including phenoxy) is 2. The molecule has 5 fully saturated rings. The van der Waals surface area contributed by atoms with Crippen LogP contribution in [0.3, 0.4) is 0 Å². The highest BCUT2D eigenvalue weighted by molar-refractivity contribution is 6.10. The van der Waals surface area contributed by atoms with E-state index in [0.29, 0.717) is 0 Å². The Labute approximate surface area is 168 Å². The summed E-state index contributed by atoms with van der Waals surface area (Å²) >= 11 is 0. The number of fused-ring (bicyclic) bond motifs is 1. The SMILES string of the molecule is C/C=C1\[C@@H]2C[C@H]3C4=Nc5ccccc5[C@@]4([C@H]4[C@@H](OC(C)=O)ON3[C@@H]14)[C@@H]2C(=O)OC. The van der Waals surface area contributed by atoms with Gasteiger partial charge in [0.2, 0.25) is 6.29 Å². The van der Waals surface area contributed by atoms with E-state index in [4.69, 9.17) is 19.3 Å². The largest absolute Gasteiger partial charge is 0.469 e. The molecule has 6 aliphatic rings. The van der Waals surface area contributed by atoms with Crippen molar-refractivity contribution in [2.45, 2.75) is 44.1 Å². The topological polar surface area (TPSA) is 77.4 Å². The highest BCUT2D eigenvalue weighted by Gasteiger charge is 2.79. The molecular weight excluding hydrogens is 372 g/mol. The summed E-state index contributed by atoms with van der Waals surface area (Å²) in [6.45, 7) is 3.39. The Bertz CT molecular complexity index is 1020. The molecule has 29 heavy (non-hydrogen) atoms. The lowest BCUT2D eigenvalue weighted by Crippen LogP contribution is -2.75. The molecule has 4 heterocycles. The van der Waals surface area contributed by atoms with Crippen LogP contribution in [0.2, 0.25) is 0 Å². The van der Waals surface area contributed by atoms with Gasteiger partial charge in [-0.2, -0.15) is 5.06 Å². The number of hydrogen-bond donors (Lipinski definition) is 0. The number of hydrogen-bond acceptors (Lipinski definition) is 7. The standard InChI is InChI=1S/C22H22N2O5/c1-4-11-12-9-15-19-22(16(12)20(26)27-3,13-7-5-6-8-14(13)23-19)17-18(11)24(15)29-21(17)28-10(2)25/h4-8,12,15-18,21H,9H2,1-3H3/b11-4+/t12-,15-,16-,17+,18-,21-,22-/m0/s1. The molecule has 0 aromatic heterocycles. The van der Waals surface area contributed by atoms with E-state index in [1.54, 1.807) is 0 Å². The van der Waals surface area contributed by atoms with E-state index in [-0.39, 0.29) is 29.9 Å². The Morgan fingerprint density at radius 2 is 2.14 bits per heavy atom. The van der Waals surface area contributed by atoms with Crippen LogP contribution in [0.15, 0.2) is 40.9 Å². The zero-order valence-electron chi connectivity index (χ0n) is 16.5. The number of carbonyl (C=O) groups excluding carboxylic acids is 2. The van der Waals surface area contributed by atoms with Crippen molar-refractivity contribution in [2.75, 3.05) is 7.11 Å². The van der Waals surface area contributed by atoms with Gasteiger partial charge in [0.15, 0.2) is 0 Å². The average molecular weight is 394 g/mol. The lowest BCUT2D eigenvalue weighted by Gasteiger charge is -2.63. The first kappa shape index (κ1) is 17.4. The molecule has 0 N–H and O–H groups in total. The molecule has 0 amide bonds. The molecule has 1 aromatic carbocycles. The van der Waals surface area contributed by atoms with Gasteiger partial charge in [-0.05, 0) is 30.9 Å². The number of para-hydroxylation sites is 1. The van der Waals surface area contributed by atoms with Gasteiger partial charge in [0.25, 0.3) is 0 Å². The summed E-state index contributed by atoms with van der Waals surface area (Å²) in [6, 6.07) is 7.90. The second-order valence-electron chi connectivity index (χ2n) is 8.44. The van der Waals surface area contributed by atoms with Crippen LogP contribution in [0.1, 0.15) is 25.8 Å². The first-order chi connectivity index (χ1) is 14.0. The van der Waals surface area contributed by atoms with E-state index in [1.807, 2.05) is 30.2 Å². The molecule has 7 rings (SSSR count). The predicted octanol–water partition coefficient (Wildman–Crippen LogP) is 2.28. The minimum Gasteiger partial charge on any atom is -0.469 e. The van der Waals surface area contributed by atoms with Crippen molar-refractivity contribution in [3.05, 3.63) is 41.5 Å². The lowest BCUT2D eigenvalue weighted by molar-refractivity contribution is -0.245. The van der Waals surface area contributed by atoms with Crippen molar-refractivity contribution >= 4 is 23.3 Å². The van der Waals surface area contributed by atoms with Crippen molar-refractivity contribution < 1.29 is 23.9 Å². The van der Waals surface area contributed by atoms with Crippen molar-refractivity contribution in [1.82, 2.24) is 5.06 Å². The van der Waals surface area contributed by atoms with Gasteiger partial charge in [-0.15, -0.1) is 0 Å². The number of nitrogens with zero attached hydrogens (tertiary/aromatic N) is 2. The summed E-state index contributed by atoms with van der Waals surface area (Å²) in [5, 5.41) is 1.97. The van der Waals surface area contributed by atoms with Crippen molar-refractivity contribution in [1.29, 1.82) is 0 Å². The number of carbonyl (C=O) groups is 2. The normalized spacial score (nSPS) is 43.8. The van der Waals surface area contributed by atoms with Crippen LogP contribution in [0, 0.1) is 17.8 Å². The van der Waals surface area contributed by atoms with Crippen LogP contribution < -0.4 is 0 Å². The van der Waals surface area contributed by atoms with Crippen molar-refractivity contribution in [2.24, 2.45) is 22.7 Å². The third kappa shape index (κ3) is 1.80. The Morgan fingerprint density at radius 3 is 2.86 bits per heavy atom. The maximum absolute atomic E-state index is 13.2. The van der Waals surface area contributed by atoms with E-state index in [2.05, 4.69) is 12.1 Å². The maximum Gasteiger partial charge on any atom is 0.310 e. The fourth-order valence-corrected chi connectivity index (χ4v) is 6.86. The van der Waals surface area contributed by atoms with Crippen LogP contribution in [-0.2, 0) is 29.3 Å². The number of methoxy groups -OCH3 is 1.